The van der Waals surface area contributed by atoms with E-state index in [1.165, 1.54) is 35.6 Å². The molecule has 3 heteroatoms. The summed E-state index contributed by atoms with van der Waals surface area (Å²) in [5.41, 5.74) is 0. The zero-order valence-corrected chi connectivity index (χ0v) is 12.3. The zero-order valence-electron chi connectivity index (χ0n) is 11.5. The molecule has 0 radical (unpaired) electrons. The van der Waals surface area contributed by atoms with Crippen LogP contribution in [0, 0.1) is 5.92 Å². The number of piperazine rings is 1. The molecule has 2 aliphatic rings. The summed E-state index contributed by atoms with van der Waals surface area (Å²) in [6.07, 6.45) is 4.06. The maximum atomic E-state index is 3.72. The summed E-state index contributed by atoms with van der Waals surface area (Å²) in [6, 6.07) is 6.05. The molecule has 2 atom stereocenters. The van der Waals surface area contributed by atoms with E-state index in [2.05, 4.69) is 36.2 Å². The lowest BCUT2D eigenvalue weighted by molar-refractivity contribution is 0.126. The third kappa shape index (κ3) is 2.79. The van der Waals surface area contributed by atoms with E-state index in [1.54, 1.807) is 0 Å². The highest BCUT2D eigenvalue weighted by molar-refractivity contribution is 7.11. The Balaban J connectivity index is 1.62. The van der Waals surface area contributed by atoms with Crippen LogP contribution in [0.1, 0.15) is 36.4 Å². The van der Waals surface area contributed by atoms with E-state index in [4.69, 9.17) is 0 Å². The van der Waals surface area contributed by atoms with Crippen LogP contribution in [0.2, 0.25) is 0 Å². The lowest BCUT2D eigenvalue weighted by atomic mass is 10.1. The van der Waals surface area contributed by atoms with Crippen molar-refractivity contribution in [3.63, 3.8) is 0 Å². The molecule has 0 amide bonds. The summed E-state index contributed by atoms with van der Waals surface area (Å²) in [5.74, 6) is 0.967. The van der Waals surface area contributed by atoms with E-state index in [0.717, 1.165) is 25.0 Å². The molecular weight excluding hydrogens is 240 g/mol. The highest BCUT2D eigenvalue weighted by Crippen LogP contribution is 2.34. The van der Waals surface area contributed by atoms with Crippen LogP contribution in [-0.2, 0) is 13.0 Å². The summed E-state index contributed by atoms with van der Waals surface area (Å²) < 4.78 is 0. The van der Waals surface area contributed by atoms with Crippen LogP contribution >= 0.6 is 11.3 Å². The smallest absolute Gasteiger partial charge is 0.0332 e. The van der Waals surface area contributed by atoms with Gasteiger partial charge < -0.3 is 5.32 Å². The number of hydrogen-bond donors (Lipinski definition) is 1. The van der Waals surface area contributed by atoms with Gasteiger partial charge in [0.15, 0.2) is 0 Å². The predicted octanol–water partition coefficient (Wildman–Crippen LogP) is 2.88. The average molecular weight is 264 g/mol. The van der Waals surface area contributed by atoms with Gasteiger partial charge in [0.1, 0.15) is 0 Å². The molecule has 2 heterocycles. The van der Waals surface area contributed by atoms with Crippen molar-refractivity contribution in [3.8, 4) is 0 Å². The maximum absolute atomic E-state index is 3.72. The van der Waals surface area contributed by atoms with Crippen LogP contribution in [0.5, 0.6) is 0 Å². The van der Waals surface area contributed by atoms with Crippen molar-refractivity contribution < 1.29 is 0 Å². The maximum Gasteiger partial charge on any atom is 0.0332 e. The molecule has 0 spiro atoms. The molecule has 2 nitrogen and oxygen atoms in total. The first-order valence-electron chi connectivity index (χ1n) is 7.31. The van der Waals surface area contributed by atoms with Crippen molar-refractivity contribution in [1.82, 2.24) is 10.2 Å². The number of rotatable bonds is 4. The largest absolute Gasteiger partial charge is 0.311 e. The van der Waals surface area contributed by atoms with Gasteiger partial charge >= 0.3 is 0 Å². The molecule has 1 saturated carbocycles. The van der Waals surface area contributed by atoms with Crippen LogP contribution in [-0.4, -0.2) is 30.1 Å². The fraction of sp³-hybridized carbons (Fsp3) is 0.733. The molecule has 3 rings (SSSR count). The molecule has 100 valence electrons. The molecule has 1 aliphatic heterocycles. The summed E-state index contributed by atoms with van der Waals surface area (Å²) in [7, 11) is 0. The zero-order chi connectivity index (χ0) is 12.5. The fourth-order valence-corrected chi connectivity index (χ4v) is 3.86. The van der Waals surface area contributed by atoms with Gasteiger partial charge in [0.05, 0.1) is 0 Å². The molecule has 1 aromatic heterocycles. The number of thiophene rings is 1. The number of nitrogens with one attached hydrogen (secondary N) is 1. The van der Waals surface area contributed by atoms with E-state index >= 15 is 0 Å². The molecule has 1 aromatic rings. The van der Waals surface area contributed by atoms with Gasteiger partial charge in [-0.05, 0) is 44.2 Å². The fourth-order valence-electron chi connectivity index (χ4n) is 2.88. The molecule has 0 bridgehead atoms. The van der Waals surface area contributed by atoms with Crippen LogP contribution < -0.4 is 5.32 Å². The highest BCUT2D eigenvalue weighted by Gasteiger charge is 2.35. The quantitative estimate of drug-likeness (QED) is 0.899. The Labute approximate surface area is 114 Å². The van der Waals surface area contributed by atoms with Crippen LogP contribution in [0.4, 0.5) is 0 Å². The Morgan fingerprint density at radius 2 is 2.11 bits per heavy atom. The minimum Gasteiger partial charge on any atom is -0.311 e. The monoisotopic (exact) mass is 264 g/mol. The van der Waals surface area contributed by atoms with E-state index in [1.807, 2.05) is 11.3 Å². The summed E-state index contributed by atoms with van der Waals surface area (Å²) in [4.78, 5) is 5.73. The van der Waals surface area contributed by atoms with Crippen LogP contribution in [0.25, 0.3) is 0 Å². The lowest BCUT2D eigenvalue weighted by Gasteiger charge is -2.38. The standard InChI is InChI=1S/C15H24N2S/c1-3-13-6-7-14(18-13)9-17-10-15(12-4-5-12)16-8-11(17)2/h6-7,11-12,15-16H,3-5,8-10H2,1-2H3. The SMILES string of the molecule is CCc1ccc(CN2CC(C3CC3)NCC2C)s1. The average Bonchev–Trinajstić information content (AvgIpc) is 3.13. The van der Waals surface area contributed by atoms with Crippen molar-refractivity contribution in [1.29, 1.82) is 0 Å². The third-order valence-corrected chi connectivity index (χ3v) is 5.56. The second-order valence-corrected chi connectivity index (χ2v) is 7.11. The lowest BCUT2D eigenvalue weighted by Crippen LogP contribution is -2.55. The van der Waals surface area contributed by atoms with Crippen molar-refractivity contribution in [3.05, 3.63) is 21.9 Å². The van der Waals surface area contributed by atoms with Gasteiger partial charge in [-0.25, -0.2) is 0 Å². The minimum absolute atomic E-state index is 0.673. The molecule has 1 aliphatic carbocycles. The van der Waals surface area contributed by atoms with E-state index in [0.29, 0.717) is 6.04 Å². The number of nitrogens with zero attached hydrogens (tertiary/aromatic N) is 1. The van der Waals surface area contributed by atoms with Crippen molar-refractivity contribution in [2.45, 2.75) is 51.7 Å². The van der Waals surface area contributed by atoms with Gasteiger partial charge in [0.25, 0.3) is 0 Å². The van der Waals surface area contributed by atoms with Crippen molar-refractivity contribution in [2.75, 3.05) is 13.1 Å². The van der Waals surface area contributed by atoms with Crippen LogP contribution in [0.3, 0.4) is 0 Å². The van der Waals surface area contributed by atoms with E-state index in [9.17, 15) is 0 Å². The molecular formula is C15H24N2S. The number of aryl methyl sites for hydroxylation is 1. The Kier molecular flexibility index (Phi) is 3.73. The third-order valence-electron chi connectivity index (χ3n) is 4.35. The highest BCUT2D eigenvalue weighted by atomic mass is 32.1. The van der Waals surface area contributed by atoms with Crippen molar-refractivity contribution in [2.24, 2.45) is 5.92 Å². The second-order valence-electron chi connectivity index (χ2n) is 5.85. The first kappa shape index (κ1) is 12.6. The molecule has 2 unspecified atom stereocenters. The minimum atomic E-state index is 0.673. The van der Waals surface area contributed by atoms with Gasteiger partial charge in [-0.15, -0.1) is 11.3 Å². The molecule has 18 heavy (non-hydrogen) atoms. The van der Waals surface area contributed by atoms with Gasteiger partial charge in [0.2, 0.25) is 0 Å². The van der Waals surface area contributed by atoms with Crippen molar-refractivity contribution >= 4 is 11.3 Å². The van der Waals surface area contributed by atoms with Crippen LogP contribution in [0.15, 0.2) is 12.1 Å². The number of hydrogen-bond acceptors (Lipinski definition) is 3. The normalized spacial score (nSPS) is 29.7. The first-order valence-corrected chi connectivity index (χ1v) is 8.13. The van der Waals surface area contributed by atoms with E-state index in [-0.39, 0.29) is 0 Å². The molecule has 2 fully saturated rings. The van der Waals surface area contributed by atoms with E-state index < -0.39 is 0 Å². The van der Waals surface area contributed by atoms with Gasteiger partial charge in [-0.2, -0.15) is 0 Å². The summed E-state index contributed by atoms with van der Waals surface area (Å²) in [5, 5.41) is 3.72. The Hall–Kier alpha value is -0.380. The Bertz CT molecular complexity index is 397. The first-order chi connectivity index (χ1) is 8.76. The molecule has 1 saturated heterocycles. The van der Waals surface area contributed by atoms with Gasteiger partial charge in [-0.3, -0.25) is 4.90 Å². The predicted molar refractivity (Wildman–Crippen MR) is 78.1 cm³/mol. The van der Waals surface area contributed by atoms with Gasteiger partial charge in [0, 0.05) is 41.5 Å². The molecule has 1 N–H and O–H groups in total. The molecule has 0 aromatic carbocycles. The summed E-state index contributed by atoms with van der Waals surface area (Å²) >= 11 is 1.99. The van der Waals surface area contributed by atoms with Gasteiger partial charge in [-0.1, -0.05) is 6.92 Å². The topological polar surface area (TPSA) is 15.3 Å². The Morgan fingerprint density at radius 3 is 2.78 bits per heavy atom. The Morgan fingerprint density at radius 1 is 1.33 bits per heavy atom. The second kappa shape index (κ2) is 5.32. The summed E-state index contributed by atoms with van der Waals surface area (Å²) in [6.45, 7) is 8.14.